The van der Waals surface area contributed by atoms with Crippen molar-refractivity contribution >= 4 is 11.8 Å². The Morgan fingerprint density at radius 1 is 1.35 bits per heavy atom. The Hall–Kier alpha value is -1.65. The van der Waals surface area contributed by atoms with Crippen molar-refractivity contribution in [2.45, 2.75) is 46.5 Å². The molecule has 0 amide bonds. The zero-order chi connectivity index (χ0) is 14.8. The van der Waals surface area contributed by atoms with E-state index in [9.17, 15) is 9.90 Å². The zero-order valence-corrected chi connectivity index (χ0v) is 12.5. The first-order chi connectivity index (χ1) is 9.50. The maximum atomic E-state index is 11.5. The first kappa shape index (κ1) is 14.8. The van der Waals surface area contributed by atoms with Gasteiger partial charge in [-0.1, -0.05) is 13.8 Å². The number of aromatic nitrogens is 2. The van der Waals surface area contributed by atoms with Crippen LogP contribution in [0.1, 0.15) is 44.6 Å². The van der Waals surface area contributed by atoms with Crippen LogP contribution in [0, 0.1) is 12.3 Å². The predicted molar refractivity (Wildman–Crippen MR) is 78.0 cm³/mol. The molecule has 110 valence electrons. The van der Waals surface area contributed by atoms with Gasteiger partial charge in [-0.05, 0) is 32.6 Å². The van der Waals surface area contributed by atoms with E-state index in [1.807, 2.05) is 19.9 Å². The molecule has 1 aromatic heterocycles. The molecular formula is C15H23N3O2. The summed E-state index contributed by atoms with van der Waals surface area (Å²) in [5.74, 6) is 1.06. The van der Waals surface area contributed by atoms with Gasteiger partial charge < -0.3 is 10.0 Å². The molecule has 1 aliphatic heterocycles. The summed E-state index contributed by atoms with van der Waals surface area (Å²) < 4.78 is 0. The van der Waals surface area contributed by atoms with Crippen molar-refractivity contribution in [2.75, 3.05) is 18.0 Å². The van der Waals surface area contributed by atoms with Crippen LogP contribution >= 0.6 is 0 Å². The standard InChI is InChI=1S/C15H23N3O2/c1-4-12-10-13(17-11(3)16-12)18-8-6-15(5-2,7-9-18)14(19)20/h10H,4-9H2,1-3H3,(H,19,20). The molecule has 1 aromatic rings. The molecular weight excluding hydrogens is 254 g/mol. The zero-order valence-electron chi connectivity index (χ0n) is 12.5. The first-order valence-corrected chi connectivity index (χ1v) is 7.33. The van der Waals surface area contributed by atoms with Crippen molar-refractivity contribution in [3.05, 3.63) is 17.6 Å². The molecule has 0 unspecified atom stereocenters. The van der Waals surface area contributed by atoms with Gasteiger partial charge in [0, 0.05) is 24.8 Å². The second-order valence-electron chi connectivity index (χ2n) is 5.54. The Kier molecular flexibility index (Phi) is 4.26. The molecule has 2 heterocycles. The lowest BCUT2D eigenvalue weighted by atomic mass is 9.76. The number of carboxylic acid groups (broad SMARTS) is 1. The van der Waals surface area contributed by atoms with Crippen molar-refractivity contribution in [2.24, 2.45) is 5.41 Å². The molecule has 1 saturated heterocycles. The molecule has 0 saturated carbocycles. The van der Waals surface area contributed by atoms with E-state index in [1.54, 1.807) is 0 Å². The molecule has 5 nitrogen and oxygen atoms in total. The van der Waals surface area contributed by atoms with Gasteiger partial charge >= 0.3 is 5.97 Å². The van der Waals surface area contributed by atoms with Crippen LogP contribution in [-0.2, 0) is 11.2 Å². The smallest absolute Gasteiger partial charge is 0.309 e. The van der Waals surface area contributed by atoms with Gasteiger partial charge in [-0.3, -0.25) is 4.79 Å². The molecule has 1 aliphatic rings. The highest BCUT2D eigenvalue weighted by atomic mass is 16.4. The number of aryl methyl sites for hydroxylation is 2. The van der Waals surface area contributed by atoms with Crippen molar-refractivity contribution in [1.29, 1.82) is 0 Å². The maximum absolute atomic E-state index is 11.5. The van der Waals surface area contributed by atoms with Crippen LogP contribution in [0.3, 0.4) is 0 Å². The molecule has 20 heavy (non-hydrogen) atoms. The lowest BCUT2D eigenvalue weighted by Gasteiger charge is -2.39. The third-order valence-corrected chi connectivity index (χ3v) is 4.41. The number of carbonyl (C=O) groups is 1. The third kappa shape index (κ3) is 2.76. The van der Waals surface area contributed by atoms with Crippen LogP contribution < -0.4 is 4.90 Å². The topological polar surface area (TPSA) is 66.3 Å². The van der Waals surface area contributed by atoms with Gasteiger partial charge in [0.05, 0.1) is 5.41 Å². The number of aliphatic carboxylic acids is 1. The normalized spacial score (nSPS) is 18.1. The largest absolute Gasteiger partial charge is 0.481 e. The summed E-state index contributed by atoms with van der Waals surface area (Å²) in [7, 11) is 0. The van der Waals surface area contributed by atoms with Gasteiger partial charge in [0.25, 0.3) is 0 Å². The number of anilines is 1. The highest BCUT2D eigenvalue weighted by Gasteiger charge is 2.40. The summed E-state index contributed by atoms with van der Waals surface area (Å²) in [5.41, 5.74) is 0.490. The Bertz CT molecular complexity index is 494. The number of piperidine rings is 1. The van der Waals surface area contributed by atoms with E-state index in [4.69, 9.17) is 0 Å². The summed E-state index contributed by atoms with van der Waals surface area (Å²) in [6.07, 6.45) is 2.95. The third-order valence-electron chi connectivity index (χ3n) is 4.41. The van der Waals surface area contributed by atoms with Crippen molar-refractivity contribution in [3.63, 3.8) is 0 Å². The molecule has 0 spiro atoms. The van der Waals surface area contributed by atoms with Crippen LogP contribution in [0.25, 0.3) is 0 Å². The fourth-order valence-corrected chi connectivity index (χ4v) is 2.84. The average Bonchev–Trinajstić information content (AvgIpc) is 2.46. The van der Waals surface area contributed by atoms with Gasteiger partial charge in [-0.2, -0.15) is 0 Å². The molecule has 5 heteroatoms. The molecule has 0 aliphatic carbocycles. The SMILES string of the molecule is CCc1cc(N2CCC(CC)(C(=O)O)CC2)nc(C)n1. The maximum Gasteiger partial charge on any atom is 0.309 e. The fourth-order valence-electron chi connectivity index (χ4n) is 2.84. The first-order valence-electron chi connectivity index (χ1n) is 7.33. The lowest BCUT2D eigenvalue weighted by molar-refractivity contribution is -0.150. The lowest BCUT2D eigenvalue weighted by Crippen LogP contribution is -2.44. The molecule has 1 fully saturated rings. The van der Waals surface area contributed by atoms with E-state index >= 15 is 0 Å². The molecule has 1 N–H and O–H groups in total. The second-order valence-corrected chi connectivity index (χ2v) is 5.54. The van der Waals surface area contributed by atoms with Crippen molar-refractivity contribution < 1.29 is 9.90 Å². The van der Waals surface area contributed by atoms with E-state index in [0.717, 1.165) is 36.8 Å². The van der Waals surface area contributed by atoms with Crippen molar-refractivity contribution in [1.82, 2.24) is 9.97 Å². The summed E-state index contributed by atoms with van der Waals surface area (Å²) >= 11 is 0. The summed E-state index contributed by atoms with van der Waals surface area (Å²) in [6.45, 7) is 7.45. The Labute approximate surface area is 120 Å². The Morgan fingerprint density at radius 2 is 2.00 bits per heavy atom. The number of hydrogen-bond acceptors (Lipinski definition) is 4. The average molecular weight is 277 g/mol. The number of carboxylic acids is 1. The fraction of sp³-hybridized carbons (Fsp3) is 0.667. The minimum Gasteiger partial charge on any atom is -0.481 e. The van der Waals surface area contributed by atoms with E-state index in [-0.39, 0.29) is 0 Å². The van der Waals surface area contributed by atoms with Crippen LogP contribution in [0.4, 0.5) is 5.82 Å². The molecule has 0 radical (unpaired) electrons. The number of hydrogen-bond donors (Lipinski definition) is 1. The van der Waals surface area contributed by atoms with E-state index in [0.29, 0.717) is 19.3 Å². The minimum absolute atomic E-state index is 0.549. The Balaban J connectivity index is 2.14. The molecule has 0 bridgehead atoms. The van der Waals surface area contributed by atoms with Gasteiger partial charge in [-0.15, -0.1) is 0 Å². The second kappa shape index (κ2) is 5.77. The van der Waals surface area contributed by atoms with E-state index < -0.39 is 11.4 Å². The van der Waals surface area contributed by atoms with Crippen LogP contribution in [0.2, 0.25) is 0 Å². The quantitative estimate of drug-likeness (QED) is 0.915. The predicted octanol–water partition coefficient (Wildman–Crippen LogP) is 2.43. The van der Waals surface area contributed by atoms with Crippen molar-refractivity contribution in [3.8, 4) is 0 Å². The molecule has 0 aromatic carbocycles. The van der Waals surface area contributed by atoms with Crippen LogP contribution in [-0.4, -0.2) is 34.1 Å². The summed E-state index contributed by atoms with van der Waals surface area (Å²) in [5, 5.41) is 9.43. The number of rotatable bonds is 4. The summed E-state index contributed by atoms with van der Waals surface area (Å²) in [6, 6.07) is 2.02. The minimum atomic E-state index is -0.659. The van der Waals surface area contributed by atoms with Gasteiger partial charge in [0.2, 0.25) is 0 Å². The molecule has 0 atom stereocenters. The summed E-state index contributed by atoms with van der Waals surface area (Å²) in [4.78, 5) is 22.5. The van der Waals surface area contributed by atoms with Crippen LogP contribution in [0.15, 0.2) is 6.07 Å². The highest BCUT2D eigenvalue weighted by molar-refractivity contribution is 5.75. The van der Waals surface area contributed by atoms with Gasteiger partial charge in [-0.25, -0.2) is 9.97 Å². The van der Waals surface area contributed by atoms with E-state index in [1.165, 1.54) is 0 Å². The van der Waals surface area contributed by atoms with Crippen LogP contribution in [0.5, 0.6) is 0 Å². The number of nitrogens with zero attached hydrogens (tertiary/aromatic N) is 3. The Morgan fingerprint density at radius 3 is 2.50 bits per heavy atom. The van der Waals surface area contributed by atoms with E-state index in [2.05, 4.69) is 21.8 Å². The highest BCUT2D eigenvalue weighted by Crippen LogP contribution is 2.36. The molecule has 2 rings (SSSR count). The van der Waals surface area contributed by atoms with Gasteiger partial charge in [0.1, 0.15) is 11.6 Å². The van der Waals surface area contributed by atoms with Gasteiger partial charge in [0.15, 0.2) is 0 Å². The monoisotopic (exact) mass is 277 g/mol.